The van der Waals surface area contributed by atoms with Gasteiger partial charge in [-0.3, -0.25) is 9.59 Å². The van der Waals surface area contributed by atoms with Gasteiger partial charge < -0.3 is 15.8 Å². The fourth-order valence-corrected chi connectivity index (χ4v) is 1.47. The van der Waals surface area contributed by atoms with Gasteiger partial charge in [-0.2, -0.15) is 0 Å². The van der Waals surface area contributed by atoms with E-state index in [9.17, 15) is 9.59 Å². The van der Waals surface area contributed by atoms with Crippen LogP contribution in [-0.2, 0) is 16.1 Å². The van der Waals surface area contributed by atoms with Gasteiger partial charge in [0.1, 0.15) is 5.60 Å². The predicted octanol–water partition coefficient (Wildman–Crippen LogP) is 1.22. The lowest BCUT2D eigenvalue weighted by molar-refractivity contribution is -0.153. The van der Waals surface area contributed by atoms with Crippen molar-refractivity contribution in [2.24, 2.45) is 5.73 Å². The van der Waals surface area contributed by atoms with Crippen LogP contribution < -0.4 is 11.1 Å². The Hall–Kier alpha value is -1.88. The molecule has 3 N–H and O–H groups in total. The predicted molar refractivity (Wildman–Crippen MR) is 72.5 cm³/mol. The smallest absolute Gasteiger partial charge is 0.320 e. The van der Waals surface area contributed by atoms with Crippen molar-refractivity contribution in [1.29, 1.82) is 0 Å². The van der Waals surface area contributed by atoms with E-state index in [2.05, 4.69) is 5.32 Å². The van der Waals surface area contributed by atoms with Gasteiger partial charge in [-0.1, -0.05) is 12.1 Å². The average Bonchev–Trinajstić information content (AvgIpc) is 2.27. The SMILES string of the molecule is CC(C)(C)OC(=O)CNCc1ccc(C(N)=O)cc1. The Bertz CT molecular complexity index is 447. The molecule has 1 amide bonds. The van der Waals surface area contributed by atoms with Crippen molar-refractivity contribution in [3.63, 3.8) is 0 Å². The zero-order chi connectivity index (χ0) is 14.5. The molecule has 5 heteroatoms. The number of nitrogens with one attached hydrogen (secondary N) is 1. The van der Waals surface area contributed by atoms with Gasteiger partial charge in [0.2, 0.25) is 5.91 Å². The van der Waals surface area contributed by atoms with E-state index in [0.29, 0.717) is 12.1 Å². The highest BCUT2D eigenvalue weighted by atomic mass is 16.6. The van der Waals surface area contributed by atoms with Crippen LogP contribution in [0.25, 0.3) is 0 Å². The van der Waals surface area contributed by atoms with E-state index in [1.54, 1.807) is 24.3 Å². The third-order valence-corrected chi connectivity index (χ3v) is 2.26. The monoisotopic (exact) mass is 264 g/mol. The minimum absolute atomic E-state index is 0.148. The van der Waals surface area contributed by atoms with Gasteiger partial charge in [-0.05, 0) is 38.5 Å². The quantitative estimate of drug-likeness (QED) is 0.783. The lowest BCUT2D eigenvalue weighted by Gasteiger charge is -2.19. The molecule has 0 aliphatic rings. The first kappa shape index (κ1) is 15.2. The van der Waals surface area contributed by atoms with Crippen molar-refractivity contribution in [1.82, 2.24) is 5.32 Å². The number of carbonyl (C=O) groups is 2. The Labute approximate surface area is 113 Å². The van der Waals surface area contributed by atoms with Gasteiger partial charge in [0.05, 0.1) is 6.54 Å². The molecule has 0 aliphatic carbocycles. The minimum atomic E-state index is -0.470. The highest BCUT2D eigenvalue weighted by molar-refractivity contribution is 5.92. The van der Waals surface area contributed by atoms with Crippen LogP contribution in [-0.4, -0.2) is 24.0 Å². The molecule has 1 aromatic rings. The standard InChI is InChI=1S/C14H20N2O3/c1-14(2,3)19-12(17)9-16-8-10-4-6-11(7-5-10)13(15)18/h4-7,16H,8-9H2,1-3H3,(H2,15,18). The van der Waals surface area contributed by atoms with E-state index in [4.69, 9.17) is 10.5 Å². The molecule has 0 unspecified atom stereocenters. The Kier molecular flexibility index (Phi) is 5.06. The number of hydrogen-bond acceptors (Lipinski definition) is 4. The summed E-state index contributed by atoms with van der Waals surface area (Å²) in [5.41, 5.74) is 6.11. The van der Waals surface area contributed by atoms with E-state index < -0.39 is 11.5 Å². The normalized spacial score (nSPS) is 11.1. The van der Waals surface area contributed by atoms with Crippen LogP contribution in [0.15, 0.2) is 24.3 Å². The molecule has 1 aromatic carbocycles. The van der Waals surface area contributed by atoms with Crippen LogP contribution in [0.3, 0.4) is 0 Å². The Balaban J connectivity index is 2.37. The van der Waals surface area contributed by atoms with Crippen LogP contribution in [0.5, 0.6) is 0 Å². The third kappa shape index (κ3) is 6.01. The number of rotatable bonds is 5. The fraction of sp³-hybridized carbons (Fsp3) is 0.429. The van der Waals surface area contributed by atoms with Crippen molar-refractivity contribution in [2.45, 2.75) is 32.9 Å². The second kappa shape index (κ2) is 6.33. The van der Waals surface area contributed by atoms with Crippen LogP contribution in [0.1, 0.15) is 36.7 Å². The number of carbonyl (C=O) groups excluding carboxylic acids is 2. The molecule has 0 atom stereocenters. The second-order valence-electron chi connectivity index (χ2n) is 5.25. The molecule has 0 bridgehead atoms. The summed E-state index contributed by atoms with van der Waals surface area (Å²) in [6, 6.07) is 6.91. The van der Waals surface area contributed by atoms with Crippen LogP contribution in [0.4, 0.5) is 0 Å². The summed E-state index contributed by atoms with van der Waals surface area (Å²) in [5, 5.41) is 2.98. The maximum absolute atomic E-state index is 11.4. The summed E-state index contributed by atoms with van der Waals surface area (Å²) >= 11 is 0. The molecule has 1 rings (SSSR count). The van der Waals surface area contributed by atoms with Crippen molar-refractivity contribution in [2.75, 3.05) is 6.54 Å². The van der Waals surface area contributed by atoms with Crippen LogP contribution >= 0.6 is 0 Å². The average molecular weight is 264 g/mol. The van der Waals surface area contributed by atoms with E-state index in [1.807, 2.05) is 20.8 Å². The number of amides is 1. The number of esters is 1. The van der Waals surface area contributed by atoms with Gasteiger partial charge in [-0.25, -0.2) is 0 Å². The van der Waals surface area contributed by atoms with E-state index in [0.717, 1.165) is 5.56 Å². The number of primary amides is 1. The molecule has 0 aliphatic heterocycles. The van der Waals surface area contributed by atoms with Crippen molar-refractivity contribution >= 4 is 11.9 Å². The molecule has 5 nitrogen and oxygen atoms in total. The fourth-order valence-electron chi connectivity index (χ4n) is 1.47. The summed E-state index contributed by atoms with van der Waals surface area (Å²) in [4.78, 5) is 22.3. The highest BCUT2D eigenvalue weighted by Gasteiger charge is 2.15. The number of nitrogens with two attached hydrogens (primary N) is 1. The topological polar surface area (TPSA) is 81.4 Å². The first-order chi connectivity index (χ1) is 8.78. The molecule has 0 fully saturated rings. The first-order valence-electron chi connectivity index (χ1n) is 6.09. The molecule has 0 spiro atoms. The molecule has 0 saturated heterocycles. The summed E-state index contributed by atoms with van der Waals surface area (Å²) in [6.07, 6.45) is 0. The Morgan fingerprint density at radius 2 is 1.79 bits per heavy atom. The van der Waals surface area contributed by atoms with Crippen molar-refractivity contribution in [3.05, 3.63) is 35.4 Å². The van der Waals surface area contributed by atoms with E-state index >= 15 is 0 Å². The number of benzene rings is 1. The lowest BCUT2D eigenvalue weighted by Crippen LogP contribution is -2.31. The molecule has 19 heavy (non-hydrogen) atoms. The van der Waals surface area contributed by atoms with Crippen LogP contribution in [0, 0.1) is 0 Å². The van der Waals surface area contributed by atoms with E-state index in [1.165, 1.54) is 0 Å². The van der Waals surface area contributed by atoms with Gasteiger partial charge in [0, 0.05) is 12.1 Å². The maximum atomic E-state index is 11.4. The first-order valence-corrected chi connectivity index (χ1v) is 6.09. The molecule has 0 aromatic heterocycles. The largest absolute Gasteiger partial charge is 0.459 e. The molecule has 0 radical (unpaired) electrons. The zero-order valence-electron chi connectivity index (χ0n) is 11.5. The van der Waals surface area contributed by atoms with E-state index in [-0.39, 0.29) is 12.5 Å². The molecule has 0 saturated carbocycles. The van der Waals surface area contributed by atoms with Crippen molar-refractivity contribution < 1.29 is 14.3 Å². The summed E-state index contributed by atoms with van der Waals surface area (Å²) < 4.78 is 5.16. The maximum Gasteiger partial charge on any atom is 0.320 e. The molecular formula is C14H20N2O3. The van der Waals surface area contributed by atoms with Crippen molar-refractivity contribution in [3.8, 4) is 0 Å². The summed E-state index contributed by atoms with van der Waals surface area (Å²) in [6.45, 7) is 6.15. The van der Waals surface area contributed by atoms with Crippen LogP contribution in [0.2, 0.25) is 0 Å². The van der Waals surface area contributed by atoms with Gasteiger partial charge >= 0.3 is 5.97 Å². The van der Waals surface area contributed by atoms with Gasteiger partial charge in [0.15, 0.2) is 0 Å². The second-order valence-corrected chi connectivity index (χ2v) is 5.25. The highest BCUT2D eigenvalue weighted by Crippen LogP contribution is 2.07. The Morgan fingerprint density at radius 3 is 2.26 bits per heavy atom. The lowest BCUT2D eigenvalue weighted by atomic mass is 10.1. The number of ether oxygens (including phenoxy) is 1. The van der Waals surface area contributed by atoms with Gasteiger partial charge in [-0.15, -0.1) is 0 Å². The third-order valence-electron chi connectivity index (χ3n) is 2.26. The minimum Gasteiger partial charge on any atom is -0.459 e. The number of hydrogen-bond donors (Lipinski definition) is 2. The molecule has 0 heterocycles. The molecular weight excluding hydrogens is 244 g/mol. The zero-order valence-corrected chi connectivity index (χ0v) is 11.5. The van der Waals surface area contributed by atoms with Gasteiger partial charge in [0.25, 0.3) is 0 Å². The summed E-state index contributed by atoms with van der Waals surface area (Å²) in [7, 11) is 0. The Morgan fingerprint density at radius 1 is 1.21 bits per heavy atom. The summed E-state index contributed by atoms with van der Waals surface area (Å²) in [5.74, 6) is -0.741. The molecule has 104 valence electrons.